The molecule has 0 unspecified atom stereocenters. The number of sulfone groups is 1. The lowest BCUT2D eigenvalue weighted by Crippen LogP contribution is -2.45. The molecular weight excluding hydrogens is 344 g/mol. The maximum Gasteiger partial charge on any atom is 0.180 e. The number of nitrogens with one attached hydrogen (secondary N) is 1. The minimum atomic E-state index is -3.19. The fourth-order valence-electron chi connectivity index (χ4n) is 4.08. The van der Waals surface area contributed by atoms with Crippen LogP contribution in [0.5, 0.6) is 0 Å². The summed E-state index contributed by atoms with van der Waals surface area (Å²) in [6.07, 6.45) is 4.79. The average Bonchev–Trinajstić information content (AvgIpc) is 2.68. The molecule has 2 heterocycles. The Hall–Kier alpha value is -1.17. The summed E-state index contributed by atoms with van der Waals surface area (Å²) < 4.78 is 24.6. The second-order valence-electron chi connectivity index (χ2n) is 7.86. The van der Waals surface area contributed by atoms with Crippen LogP contribution in [-0.2, 0) is 9.84 Å². The first-order valence-electron chi connectivity index (χ1n) is 9.87. The van der Waals surface area contributed by atoms with Crippen molar-refractivity contribution in [2.45, 2.75) is 62.6 Å². The van der Waals surface area contributed by atoms with Crippen LogP contribution in [0.3, 0.4) is 0 Å². The van der Waals surface area contributed by atoms with E-state index in [4.69, 9.17) is 0 Å². The third kappa shape index (κ3) is 4.21. The van der Waals surface area contributed by atoms with Crippen molar-refractivity contribution in [3.05, 3.63) is 35.4 Å². The number of piperidine rings is 2. The SMILES string of the molecule is CC(=C1CCN(C2CCNCC2)CC1)c1ccc(S(=O)(=O)C(C)C)cc1. The van der Waals surface area contributed by atoms with Gasteiger partial charge in [-0.1, -0.05) is 17.7 Å². The van der Waals surface area contributed by atoms with E-state index in [-0.39, 0.29) is 5.25 Å². The van der Waals surface area contributed by atoms with Crippen molar-refractivity contribution in [3.8, 4) is 0 Å². The van der Waals surface area contributed by atoms with Gasteiger partial charge in [0.1, 0.15) is 0 Å². The maximum atomic E-state index is 12.3. The van der Waals surface area contributed by atoms with Gasteiger partial charge in [0, 0.05) is 19.1 Å². The first-order valence-corrected chi connectivity index (χ1v) is 11.4. The Morgan fingerprint density at radius 3 is 2.19 bits per heavy atom. The molecule has 0 atom stereocenters. The molecule has 0 radical (unpaired) electrons. The molecule has 2 aliphatic rings. The third-order valence-corrected chi connectivity index (χ3v) is 8.16. The van der Waals surface area contributed by atoms with E-state index in [1.165, 1.54) is 24.0 Å². The maximum absolute atomic E-state index is 12.3. The highest BCUT2D eigenvalue weighted by molar-refractivity contribution is 7.92. The molecule has 3 rings (SSSR count). The smallest absolute Gasteiger partial charge is 0.180 e. The topological polar surface area (TPSA) is 49.4 Å². The summed E-state index contributed by atoms with van der Waals surface area (Å²) in [4.78, 5) is 3.09. The lowest BCUT2D eigenvalue weighted by atomic mass is 9.92. The molecule has 0 saturated carbocycles. The molecule has 1 aromatic carbocycles. The Morgan fingerprint density at radius 1 is 1.08 bits per heavy atom. The monoisotopic (exact) mass is 376 g/mol. The summed E-state index contributed by atoms with van der Waals surface area (Å²) in [5.41, 5.74) is 4.00. The van der Waals surface area contributed by atoms with Gasteiger partial charge < -0.3 is 5.32 Å². The van der Waals surface area contributed by atoms with Gasteiger partial charge in [0.15, 0.2) is 9.84 Å². The Balaban J connectivity index is 1.68. The van der Waals surface area contributed by atoms with Crippen LogP contribution < -0.4 is 5.32 Å². The van der Waals surface area contributed by atoms with E-state index >= 15 is 0 Å². The van der Waals surface area contributed by atoms with E-state index in [1.54, 1.807) is 26.0 Å². The van der Waals surface area contributed by atoms with Crippen LogP contribution in [0.2, 0.25) is 0 Å². The van der Waals surface area contributed by atoms with Crippen molar-refractivity contribution in [3.63, 3.8) is 0 Å². The Kier molecular flexibility index (Phi) is 6.21. The summed E-state index contributed by atoms with van der Waals surface area (Å²) in [5.74, 6) is 0. The zero-order chi connectivity index (χ0) is 18.7. The number of hydrogen-bond acceptors (Lipinski definition) is 4. The molecule has 0 amide bonds. The minimum absolute atomic E-state index is 0.382. The van der Waals surface area contributed by atoms with Crippen molar-refractivity contribution in [1.29, 1.82) is 0 Å². The number of hydrogen-bond donors (Lipinski definition) is 1. The van der Waals surface area contributed by atoms with Gasteiger partial charge in [0.05, 0.1) is 10.1 Å². The number of benzene rings is 1. The van der Waals surface area contributed by atoms with Crippen LogP contribution >= 0.6 is 0 Å². The molecule has 0 spiro atoms. The van der Waals surface area contributed by atoms with Gasteiger partial charge in [-0.15, -0.1) is 0 Å². The number of rotatable bonds is 4. The minimum Gasteiger partial charge on any atom is -0.317 e. The molecule has 0 aromatic heterocycles. The summed E-state index contributed by atoms with van der Waals surface area (Å²) >= 11 is 0. The number of nitrogens with zero attached hydrogens (tertiary/aromatic N) is 1. The van der Waals surface area contributed by atoms with E-state index in [0.29, 0.717) is 4.90 Å². The van der Waals surface area contributed by atoms with E-state index in [2.05, 4.69) is 17.1 Å². The third-order valence-electron chi connectivity index (χ3n) is 5.99. The van der Waals surface area contributed by atoms with Crippen LogP contribution in [-0.4, -0.2) is 50.8 Å². The highest BCUT2D eigenvalue weighted by Gasteiger charge is 2.24. The van der Waals surface area contributed by atoms with Gasteiger partial charge in [-0.05, 0) is 82.8 Å². The van der Waals surface area contributed by atoms with E-state index < -0.39 is 9.84 Å². The van der Waals surface area contributed by atoms with Crippen LogP contribution in [0.4, 0.5) is 0 Å². The Bertz CT molecular complexity index is 735. The van der Waals surface area contributed by atoms with Crippen molar-refractivity contribution < 1.29 is 8.42 Å². The zero-order valence-corrected chi connectivity index (χ0v) is 17.1. The first kappa shape index (κ1) is 19.6. The fraction of sp³-hybridized carbons (Fsp3) is 0.619. The predicted octanol–water partition coefficient (Wildman–Crippen LogP) is 3.49. The molecule has 0 aliphatic carbocycles. The van der Waals surface area contributed by atoms with Gasteiger partial charge in [0.2, 0.25) is 0 Å². The molecule has 26 heavy (non-hydrogen) atoms. The second-order valence-corrected chi connectivity index (χ2v) is 10.4. The zero-order valence-electron chi connectivity index (χ0n) is 16.3. The summed E-state index contributed by atoms with van der Waals surface area (Å²) in [6.45, 7) is 10.2. The van der Waals surface area contributed by atoms with Gasteiger partial charge in [-0.3, -0.25) is 4.90 Å². The standard InChI is InChI=1S/C21H32N2O2S/c1-16(2)26(24,25)21-6-4-18(5-7-21)17(3)19-10-14-23(15-11-19)20-8-12-22-13-9-20/h4-7,16,20,22H,8-15H2,1-3H3. The van der Waals surface area contributed by atoms with E-state index in [0.717, 1.165) is 50.6 Å². The number of allylic oxidation sites excluding steroid dienone is 1. The van der Waals surface area contributed by atoms with Gasteiger partial charge in [-0.2, -0.15) is 0 Å². The van der Waals surface area contributed by atoms with E-state index in [1.807, 2.05) is 12.1 Å². The molecule has 0 bridgehead atoms. The predicted molar refractivity (Wildman–Crippen MR) is 108 cm³/mol. The highest BCUT2D eigenvalue weighted by Crippen LogP contribution is 2.29. The lowest BCUT2D eigenvalue weighted by Gasteiger charge is -2.38. The molecule has 2 fully saturated rings. The molecule has 2 saturated heterocycles. The van der Waals surface area contributed by atoms with Crippen LogP contribution in [0, 0.1) is 0 Å². The molecular formula is C21H32N2O2S. The first-order chi connectivity index (χ1) is 12.4. The normalized spacial score (nSPS) is 20.5. The highest BCUT2D eigenvalue weighted by atomic mass is 32.2. The quantitative estimate of drug-likeness (QED) is 0.874. The molecule has 144 valence electrons. The molecule has 1 aromatic rings. The van der Waals surface area contributed by atoms with Crippen LogP contribution in [0.1, 0.15) is 52.0 Å². The van der Waals surface area contributed by atoms with Gasteiger partial charge in [0.25, 0.3) is 0 Å². The van der Waals surface area contributed by atoms with Gasteiger partial charge >= 0.3 is 0 Å². The Labute approximate surface area is 158 Å². The molecule has 1 N–H and O–H groups in total. The van der Waals surface area contributed by atoms with Crippen LogP contribution in [0.25, 0.3) is 5.57 Å². The molecule has 2 aliphatic heterocycles. The molecule has 4 nitrogen and oxygen atoms in total. The van der Waals surface area contributed by atoms with Crippen molar-refractivity contribution in [2.75, 3.05) is 26.2 Å². The summed E-state index contributed by atoms with van der Waals surface area (Å²) in [7, 11) is -3.19. The van der Waals surface area contributed by atoms with Crippen molar-refractivity contribution in [2.24, 2.45) is 0 Å². The van der Waals surface area contributed by atoms with E-state index in [9.17, 15) is 8.42 Å². The average molecular weight is 377 g/mol. The fourth-order valence-corrected chi connectivity index (χ4v) is 5.14. The largest absolute Gasteiger partial charge is 0.317 e. The van der Waals surface area contributed by atoms with Crippen LogP contribution in [0.15, 0.2) is 34.7 Å². The Morgan fingerprint density at radius 2 is 1.65 bits per heavy atom. The van der Waals surface area contributed by atoms with Crippen molar-refractivity contribution in [1.82, 2.24) is 10.2 Å². The van der Waals surface area contributed by atoms with Gasteiger partial charge in [-0.25, -0.2) is 8.42 Å². The summed E-state index contributed by atoms with van der Waals surface area (Å²) in [5, 5.41) is 3.06. The molecule has 5 heteroatoms. The number of likely N-dealkylation sites (tertiary alicyclic amines) is 1. The lowest BCUT2D eigenvalue weighted by molar-refractivity contribution is 0.152. The second kappa shape index (κ2) is 8.24. The van der Waals surface area contributed by atoms with Crippen molar-refractivity contribution >= 4 is 15.4 Å². The summed E-state index contributed by atoms with van der Waals surface area (Å²) in [6, 6.07) is 8.21.